The van der Waals surface area contributed by atoms with Crippen LogP contribution in [0.25, 0.3) is 0 Å². The first-order chi connectivity index (χ1) is 13.1. The van der Waals surface area contributed by atoms with Gasteiger partial charge in [0.1, 0.15) is 17.3 Å². The van der Waals surface area contributed by atoms with E-state index in [1.165, 1.54) is 11.1 Å². The predicted octanol–water partition coefficient (Wildman–Crippen LogP) is 2.13. The summed E-state index contributed by atoms with van der Waals surface area (Å²) in [6.45, 7) is 10.2. The zero-order valence-corrected chi connectivity index (χ0v) is 16.2. The van der Waals surface area contributed by atoms with Crippen LogP contribution >= 0.6 is 0 Å². The summed E-state index contributed by atoms with van der Waals surface area (Å²) in [7, 11) is 0. The average molecular weight is 365 g/mol. The van der Waals surface area contributed by atoms with E-state index < -0.39 is 0 Å². The third-order valence-electron chi connectivity index (χ3n) is 5.60. The van der Waals surface area contributed by atoms with Gasteiger partial charge in [-0.25, -0.2) is 9.97 Å². The van der Waals surface area contributed by atoms with Crippen LogP contribution in [0.4, 0.5) is 5.82 Å². The molecule has 1 aromatic carbocycles. The molecule has 2 aliphatic heterocycles. The molecule has 0 N–H and O–H groups in total. The number of hydrogen-bond acceptors (Lipinski definition) is 5. The highest BCUT2D eigenvalue weighted by atomic mass is 16.2. The molecule has 142 valence electrons. The normalized spacial score (nSPS) is 17.7. The highest BCUT2D eigenvalue weighted by Gasteiger charge is 2.24. The predicted molar refractivity (Wildman–Crippen MR) is 106 cm³/mol. The minimum absolute atomic E-state index is 0.0231. The SMILES string of the molecule is CCN1CCN(C(=O)c2cc(N3CCc4ccccc4C3)nc(C)n2)CC1. The summed E-state index contributed by atoms with van der Waals surface area (Å²) in [5.74, 6) is 1.53. The van der Waals surface area contributed by atoms with Crippen molar-refractivity contribution in [2.45, 2.75) is 26.8 Å². The standard InChI is InChI=1S/C21H27N5O/c1-3-24-10-12-25(13-11-24)21(27)19-14-20(23-16(2)22-19)26-9-8-17-6-4-5-7-18(17)15-26/h4-7,14H,3,8-13,15H2,1-2H3. The number of aryl methyl sites for hydroxylation is 1. The molecule has 0 unspecified atom stereocenters. The van der Waals surface area contributed by atoms with Gasteiger partial charge in [-0.1, -0.05) is 31.2 Å². The van der Waals surface area contributed by atoms with Crippen molar-refractivity contribution in [1.82, 2.24) is 19.8 Å². The molecule has 0 saturated carbocycles. The fourth-order valence-electron chi connectivity index (χ4n) is 3.94. The number of rotatable bonds is 3. The number of anilines is 1. The molecule has 0 radical (unpaired) electrons. The van der Waals surface area contributed by atoms with E-state index in [0.29, 0.717) is 11.5 Å². The van der Waals surface area contributed by atoms with Gasteiger partial charge in [0.15, 0.2) is 0 Å². The zero-order chi connectivity index (χ0) is 18.8. The first-order valence-electron chi connectivity index (χ1n) is 9.83. The van der Waals surface area contributed by atoms with Crippen LogP contribution in [0.15, 0.2) is 30.3 Å². The highest BCUT2D eigenvalue weighted by molar-refractivity contribution is 5.93. The number of nitrogens with zero attached hydrogens (tertiary/aromatic N) is 5. The molecule has 0 spiro atoms. The molecule has 6 nitrogen and oxygen atoms in total. The van der Waals surface area contributed by atoms with Gasteiger partial charge in [0.25, 0.3) is 5.91 Å². The Kier molecular flexibility index (Phi) is 5.07. The van der Waals surface area contributed by atoms with Gasteiger partial charge in [0.05, 0.1) is 0 Å². The van der Waals surface area contributed by atoms with Crippen molar-refractivity contribution in [3.05, 3.63) is 53.0 Å². The van der Waals surface area contributed by atoms with Gasteiger partial charge in [0.2, 0.25) is 0 Å². The maximum atomic E-state index is 13.0. The van der Waals surface area contributed by atoms with Crippen molar-refractivity contribution in [3.8, 4) is 0 Å². The number of carbonyl (C=O) groups excluding carboxylic acids is 1. The third kappa shape index (κ3) is 3.81. The molecular formula is C21H27N5O. The number of fused-ring (bicyclic) bond motifs is 1. The molecule has 1 aromatic heterocycles. The van der Waals surface area contributed by atoms with Crippen LogP contribution in [-0.4, -0.2) is 64.9 Å². The molecule has 2 aromatic rings. The monoisotopic (exact) mass is 365 g/mol. The van der Waals surface area contributed by atoms with Gasteiger partial charge >= 0.3 is 0 Å². The van der Waals surface area contributed by atoms with E-state index in [1.54, 1.807) is 0 Å². The summed E-state index contributed by atoms with van der Waals surface area (Å²) in [4.78, 5) is 28.6. The van der Waals surface area contributed by atoms with Crippen LogP contribution in [0.3, 0.4) is 0 Å². The van der Waals surface area contributed by atoms with Gasteiger partial charge in [-0.05, 0) is 31.0 Å². The quantitative estimate of drug-likeness (QED) is 0.834. The number of amides is 1. The molecule has 3 heterocycles. The minimum Gasteiger partial charge on any atom is -0.352 e. The Bertz CT molecular complexity index is 829. The second-order valence-electron chi connectivity index (χ2n) is 7.33. The third-order valence-corrected chi connectivity index (χ3v) is 5.60. The smallest absolute Gasteiger partial charge is 0.272 e. The van der Waals surface area contributed by atoms with Crippen molar-refractivity contribution in [1.29, 1.82) is 0 Å². The topological polar surface area (TPSA) is 52.6 Å². The largest absolute Gasteiger partial charge is 0.352 e. The molecule has 0 atom stereocenters. The number of carbonyl (C=O) groups is 1. The van der Waals surface area contributed by atoms with E-state index in [2.05, 4.69) is 51.0 Å². The van der Waals surface area contributed by atoms with Crippen LogP contribution in [-0.2, 0) is 13.0 Å². The van der Waals surface area contributed by atoms with Gasteiger partial charge in [-0.15, -0.1) is 0 Å². The summed E-state index contributed by atoms with van der Waals surface area (Å²) in [6.07, 6.45) is 1.00. The number of aromatic nitrogens is 2. The molecule has 1 saturated heterocycles. The van der Waals surface area contributed by atoms with E-state index in [1.807, 2.05) is 17.9 Å². The second kappa shape index (κ2) is 7.64. The minimum atomic E-state index is 0.0231. The molecule has 4 rings (SSSR count). The van der Waals surface area contributed by atoms with Gasteiger partial charge < -0.3 is 14.7 Å². The van der Waals surface area contributed by atoms with E-state index in [4.69, 9.17) is 0 Å². The van der Waals surface area contributed by atoms with Crippen LogP contribution < -0.4 is 4.90 Å². The van der Waals surface area contributed by atoms with Crippen molar-refractivity contribution in [3.63, 3.8) is 0 Å². The molecule has 6 heteroatoms. The number of likely N-dealkylation sites (N-methyl/N-ethyl adjacent to an activating group) is 1. The molecular weight excluding hydrogens is 338 g/mol. The van der Waals surface area contributed by atoms with Crippen LogP contribution in [0.2, 0.25) is 0 Å². The molecule has 1 amide bonds. The van der Waals surface area contributed by atoms with Crippen molar-refractivity contribution >= 4 is 11.7 Å². The average Bonchev–Trinajstić information content (AvgIpc) is 2.72. The van der Waals surface area contributed by atoms with Crippen molar-refractivity contribution in [2.75, 3.05) is 44.2 Å². The maximum Gasteiger partial charge on any atom is 0.272 e. The molecule has 27 heavy (non-hydrogen) atoms. The summed E-state index contributed by atoms with van der Waals surface area (Å²) >= 11 is 0. The Labute approximate surface area is 160 Å². The van der Waals surface area contributed by atoms with E-state index >= 15 is 0 Å². The summed E-state index contributed by atoms with van der Waals surface area (Å²) in [5.41, 5.74) is 3.26. The lowest BCUT2D eigenvalue weighted by Gasteiger charge is -2.34. The summed E-state index contributed by atoms with van der Waals surface area (Å²) in [6, 6.07) is 10.4. The first-order valence-corrected chi connectivity index (χ1v) is 9.83. The number of hydrogen-bond donors (Lipinski definition) is 0. The van der Waals surface area contributed by atoms with E-state index in [9.17, 15) is 4.79 Å². The maximum absolute atomic E-state index is 13.0. The Morgan fingerprint density at radius 2 is 1.78 bits per heavy atom. The fraction of sp³-hybridized carbons (Fsp3) is 0.476. The molecule has 1 fully saturated rings. The number of benzene rings is 1. The van der Waals surface area contributed by atoms with Crippen LogP contribution in [0, 0.1) is 6.92 Å². The van der Waals surface area contributed by atoms with Crippen LogP contribution in [0.1, 0.15) is 34.4 Å². The Balaban J connectivity index is 1.53. The lowest BCUT2D eigenvalue weighted by Crippen LogP contribution is -2.48. The first kappa shape index (κ1) is 17.9. The van der Waals surface area contributed by atoms with Gasteiger partial charge in [-0.3, -0.25) is 4.79 Å². The van der Waals surface area contributed by atoms with E-state index in [0.717, 1.165) is 58.1 Å². The Morgan fingerprint density at radius 1 is 1.04 bits per heavy atom. The second-order valence-corrected chi connectivity index (χ2v) is 7.33. The van der Waals surface area contributed by atoms with Crippen molar-refractivity contribution in [2.24, 2.45) is 0 Å². The number of piperazine rings is 1. The van der Waals surface area contributed by atoms with E-state index in [-0.39, 0.29) is 5.91 Å². The van der Waals surface area contributed by atoms with Crippen LogP contribution in [0.5, 0.6) is 0 Å². The molecule has 0 bridgehead atoms. The molecule has 0 aliphatic carbocycles. The lowest BCUT2D eigenvalue weighted by molar-refractivity contribution is 0.0637. The fourth-order valence-corrected chi connectivity index (χ4v) is 3.94. The van der Waals surface area contributed by atoms with Gasteiger partial charge in [0, 0.05) is 45.3 Å². The summed E-state index contributed by atoms with van der Waals surface area (Å²) < 4.78 is 0. The summed E-state index contributed by atoms with van der Waals surface area (Å²) in [5, 5.41) is 0. The zero-order valence-electron chi connectivity index (χ0n) is 16.2. The molecule has 2 aliphatic rings. The lowest BCUT2D eigenvalue weighted by atomic mass is 10.00. The highest BCUT2D eigenvalue weighted by Crippen LogP contribution is 2.24. The Hall–Kier alpha value is -2.47. The Morgan fingerprint density at radius 3 is 2.52 bits per heavy atom. The van der Waals surface area contributed by atoms with Gasteiger partial charge in [-0.2, -0.15) is 0 Å². The van der Waals surface area contributed by atoms with Crippen molar-refractivity contribution < 1.29 is 4.79 Å².